The molecular weight excluding hydrogens is 338 g/mol. The van der Waals surface area contributed by atoms with Crippen molar-refractivity contribution in [3.05, 3.63) is 70.9 Å². The van der Waals surface area contributed by atoms with Crippen molar-refractivity contribution >= 4 is 34.4 Å². The number of ketones is 1. The molecule has 25 heavy (non-hydrogen) atoms. The Kier molecular flexibility index (Phi) is 5.00. The summed E-state index contributed by atoms with van der Waals surface area (Å²) in [5.41, 5.74) is 1.85. The Labute approximate surface area is 150 Å². The van der Waals surface area contributed by atoms with Gasteiger partial charge in [-0.25, -0.2) is 4.98 Å². The third-order valence-electron chi connectivity index (χ3n) is 3.79. The monoisotopic (exact) mass is 353 g/mol. The molecule has 0 N–H and O–H groups in total. The van der Waals surface area contributed by atoms with Crippen molar-refractivity contribution in [2.75, 3.05) is 14.2 Å². The molecule has 0 radical (unpaired) electrons. The molecule has 0 amide bonds. The number of fused-ring (bicyclic) bond motifs is 1. The zero-order chi connectivity index (χ0) is 17.8. The number of pyridine rings is 1. The number of hydrogen-bond acceptors (Lipinski definition) is 4. The normalized spacial score (nSPS) is 11.0. The van der Waals surface area contributed by atoms with Crippen LogP contribution < -0.4 is 9.47 Å². The molecule has 0 atom stereocenters. The average Bonchev–Trinajstić information content (AvgIpc) is 2.65. The minimum absolute atomic E-state index is 0.237. The first-order valence-electron chi connectivity index (χ1n) is 7.62. The lowest BCUT2D eigenvalue weighted by molar-refractivity contribution is 0.104. The van der Waals surface area contributed by atoms with Crippen LogP contribution in [0.25, 0.3) is 17.0 Å². The number of ether oxygens (including phenoxy) is 2. The highest BCUT2D eigenvalue weighted by atomic mass is 35.5. The summed E-state index contributed by atoms with van der Waals surface area (Å²) < 4.78 is 10.5. The van der Waals surface area contributed by atoms with E-state index in [1.165, 1.54) is 20.3 Å². The van der Waals surface area contributed by atoms with Gasteiger partial charge in [0.1, 0.15) is 22.2 Å². The molecule has 0 aliphatic rings. The number of rotatable bonds is 5. The summed E-state index contributed by atoms with van der Waals surface area (Å²) in [5.74, 6) is 0.673. The van der Waals surface area contributed by atoms with E-state index < -0.39 is 0 Å². The van der Waals surface area contributed by atoms with Crippen molar-refractivity contribution in [3.8, 4) is 11.5 Å². The Morgan fingerprint density at radius 2 is 1.72 bits per heavy atom. The van der Waals surface area contributed by atoms with Crippen LogP contribution in [0.15, 0.2) is 54.6 Å². The number of hydrogen-bond donors (Lipinski definition) is 0. The predicted molar refractivity (Wildman–Crippen MR) is 99.7 cm³/mol. The Morgan fingerprint density at radius 3 is 2.40 bits per heavy atom. The van der Waals surface area contributed by atoms with Gasteiger partial charge in [0.2, 0.25) is 0 Å². The maximum atomic E-state index is 12.6. The van der Waals surface area contributed by atoms with Crippen LogP contribution >= 0.6 is 11.6 Å². The van der Waals surface area contributed by atoms with E-state index in [-0.39, 0.29) is 5.78 Å². The molecule has 2 aromatic carbocycles. The lowest BCUT2D eigenvalue weighted by Crippen LogP contribution is -2.02. The topological polar surface area (TPSA) is 48.4 Å². The Hall–Kier alpha value is -2.85. The molecule has 0 aliphatic heterocycles. The molecule has 126 valence electrons. The van der Waals surface area contributed by atoms with Crippen LogP contribution in [0.1, 0.15) is 15.9 Å². The Bertz CT molecular complexity index is 944. The molecule has 0 aliphatic carbocycles. The standard InChI is InChI=1S/C20H16ClNO3/c1-24-17-8-5-9-18(25-2)19(17)16(23)11-10-14-12-13-6-3-4-7-15(13)22-20(14)21/h3-12H,1-2H3/b11-10+. The molecule has 0 bridgehead atoms. The number of aromatic nitrogens is 1. The molecule has 3 rings (SSSR count). The molecule has 0 saturated carbocycles. The molecule has 0 fully saturated rings. The van der Waals surface area contributed by atoms with Crippen LogP contribution in [-0.4, -0.2) is 25.0 Å². The molecule has 1 heterocycles. The van der Waals surface area contributed by atoms with Gasteiger partial charge in [0.05, 0.1) is 19.7 Å². The van der Waals surface area contributed by atoms with Crippen molar-refractivity contribution in [2.45, 2.75) is 0 Å². The highest BCUT2D eigenvalue weighted by Gasteiger charge is 2.16. The second kappa shape index (κ2) is 7.36. The number of nitrogens with zero attached hydrogens (tertiary/aromatic N) is 1. The van der Waals surface area contributed by atoms with Crippen LogP contribution in [-0.2, 0) is 0 Å². The van der Waals surface area contributed by atoms with Gasteiger partial charge in [-0.2, -0.15) is 0 Å². The molecule has 4 nitrogen and oxygen atoms in total. The largest absolute Gasteiger partial charge is 0.496 e. The lowest BCUT2D eigenvalue weighted by Gasteiger charge is -2.10. The summed E-state index contributed by atoms with van der Waals surface area (Å²) in [6.45, 7) is 0. The van der Waals surface area contributed by atoms with Crippen LogP contribution in [0.5, 0.6) is 11.5 Å². The summed E-state index contributed by atoms with van der Waals surface area (Å²) in [7, 11) is 3.03. The van der Waals surface area contributed by atoms with E-state index in [0.29, 0.717) is 27.8 Å². The molecule has 5 heteroatoms. The summed E-state index contributed by atoms with van der Waals surface area (Å²) in [6.07, 6.45) is 3.09. The fourth-order valence-corrected chi connectivity index (χ4v) is 2.78. The van der Waals surface area contributed by atoms with Gasteiger partial charge in [-0.05, 0) is 36.4 Å². The van der Waals surface area contributed by atoms with Crippen LogP contribution in [0.4, 0.5) is 0 Å². The van der Waals surface area contributed by atoms with E-state index in [9.17, 15) is 4.79 Å². The molecule has 1 aromatic heterocycles. The van der Waals surface area contributed by atoms with Crippen molar-refractivity contribution < 1.29 is 14.3 Å². The van der Waals surface area contributed by atoms with Crippen molar-refractivity contribution in [1.29, 1.82) is 0 Å². The zero-order valence-corrected chi connectivity index (χ0v) is 14.6. The lowest BCUT2D eigenvalue weighted by atomic mass is 10.1. The maximum absolute atomic E-state index is 12.6. The fourth-order valence-electron chi connectivity index (χ4n) is 2.57. The predicted octanol–water partition coefficient (Wildman–Crippen LogP) is 4.80. The zero-order valence-electron chi connectivity index (χ0n) is 13.8. The van der Waals surface area contributed by atoms with Crippen LogP contribution in [0.2, 0.25) is 5.15 Å². The second-order valence-electron chi connectivity index (χ2n) is 5.30. The number of benzene rings is 2. The van der Waals surface area contributed by atoms with E-state index >= 15 is 0 Å². The van der Waals surface area contributed by atoms with Gasteiger partial charge in [-0.15, -0.1) is 0 Å². The van der Waals surface area contributed by atoms with Crippen LogP contribution in [0.3, 0.4) is 0 Å². The van der Waals surface area contributed by atoms with E-state index in [1.807, 2.05) is 30.3 Å². The number of halogens is 1. The summed E-state index contributed by atoms with van der Waals surface area (Å²) in [5, 5.41) is 1.30. The molecule has 3 aromatic rings. The van der Waals surface area contributed by atoms with Gasteiger partial charge < -0.3 is 9.47 Å². The molecule has 0 unspecified atom stereocenters. The van der Waals surface area contributed by atoms with Crippen LogP contribution in [0, 0.1) is 0 Å². The summed E-state index contributed by atoms with van der Waals surface area (Å²) >= 11 is 6.23. The first-order chi connectivity index (χ1) is 12.1. The summed E-state index contributed by atoms with van der Waals surface area (Å²) in [6, 6.07) is 14.8. The van der Waals surface area contributed by atoms with Crippen molar-refractivity contribution in [3.63, 3.8) is 0 Å². The molecule has 0 spiro atoms. The van der Waals surface area contributed by atoms with E-state index in [2.05, 4.69) is 4.98 Å². The quantitative estimate of drug-likeness (QED) is 0.375. The minimum Gasteiger partial charge on any atom is -0.496 e. The maximum Gasteiger partial charge on any atom is 0.193 e. The minimum atomic E-state index is -0.237. The Balaban J connectivity index is 1.98. The van der Waals surface area contributed by atoms with Gasteiger partial charge in [0.15, 0.2) is 5.78 Å². The first-order valence-corrected chi connectivity index (χ1v) is 8.00. The van der Waals surface area contributed by atoms with Gasteiger partial charge in [0, 0.05) is 10.9 Å². The van der Waals surface area contributed by atoms with Crippen molar-refractivity contribution in [2.24, 2.45) is 0 Å². The van der Waals surface area contributed by atoms with E-state index in [1.54, 1.807) is 24.3 Å². The first kappa shape index (κ1) is 17.0. The van der Waals surface area contributed by atoms with Gasteiger partial charge in [-0.1, -0.05) is 35.9 Å². The Morgan fingerprint density at radius 1 is 1.04 bits per heavy atom. The third kappa shape index (κ3) is 3.49. The highest BCUT2D eigenvalue weighted by molar-refractivity contribution is 6.31. The third-order valence-corrected chi connectivity index (χ3v) is 4.10. The van der Waals surface area contributed by atoms with Crippen molar-refractivity contribution in [1.82, 2.24) is 4.98 Å². The van der Waals surface area contributed by atoms with Gasteiger partial charge >= 0.3 is 0 Å². The highest BCUT2D eigenvalue weighted by Crippen LogP contribution is 2.29. The second-order valence-corrected chi connectivity index (χ2v) is 5.65. The fraction of sp³-hybridized carbons (Fsp3) is 0.100. The smallest absolute Gasteiger partial charge is 0.193 e. The van der Waals surface area contributed by atoms with Gasteiger partial charge in [-0.3, -0.25) is 4.79 Å². The van der Waals surface area contributed by atoms with E-state index in [0.717, 1.165) is 10.9 Å². The number of carbonyl (C=O) groups excluding carboxylic acids is 1. The average molecular weight is 354 g/mol. The molecule has 0 saturated heterocycles. The molecular formula is C20H16ClNO3. The number of carbonyl (C=O) groups is 1. The number of para-hydroxylation sites is 1. The summed E-state index contributed by atoms with van der Waals surface area (Å²) in [4.78, 5) is 17.0. The van der Waals surface area contributed by atoms with E-state index in [4.69, 9.17) is 21.1 Å². The SMILES string of the molecule is COc1cccc(OC)c1C(=O)/C=C/c1cc2ccccc2nc1Cl. The number of methoxy groups -OCH3 is 2. The number of allylic oxidation sites excluding steroid dienone is 1. The van der Waals surface area contributed by atoms with Gasteiger partial charge in [0.25, 0.3) is 0 Å².